The van der Waals surface area contributed by atoms with Gasteiger partial charge in [-0.15, -0.1) is 0 Å². The molecule has 2 aliphatic rings. The number of nitro groups is 1. The van der Waals surface area contributed by atoms with Gasteiger partial charge < -0.3 is 10.1 Å². The van der Waals surface area contributed by atoms with Crippen LogP contribution in [-0.4, -0.2) is 49.2 Å². The molecular weight excluding hydrogens is 351 g/mol. The SMILES string of the molecule is C1CCNC1.O=[N+]([O-])c1ccc(C(F)(F)F)c(OCCN2CCCC2)c1. The molecule has 2 saturated heterocycles. The Kier molecular flexibility index (Phi) is 7.65. The number of rotatable bonds is 5. The van der Waals surface area contributed by atoms with Gasteiger partial charge in [0.05, 0.1) is 16.6 Å². The summed E-state index contributed by atoms with van der Waals surface area (Å²) in [5.74, 6) is -0.490. The molecule has 0 saturated carbocycles. The van der Waals surface area contributed by atoms with Crippen LogP contribution >= 0.6 is 0 Å². The molecule has 0 atom stereocenters. The van der Waals surface area contributed by atoms with Crippen LogP contribution < -0.4 is 10.1 Å². The lowest BCUT2D eigenvalue weighted by Gasteiger charge is -2.17. The van der Waals surface area contributed by atoms with Crippen molar-refractivity contribution in [3.8, 4) is 5.75 Å². The number of nitrogens with one attached hydrogen (secondary N) is 1. The van der Waals surface area contributed by atoms with E-state index in [1.807, 2.05) is 0 Å². The van der Waals surface area contributed by atoms with Crippen LogP contribution in [0.15, 0.2) is 18.2 Å². The van der Waals surface area contributed by atoms with Crippen LogP contribution in [0.2, 0.25) is 0 Å². The fraction of sp³-hybridized carbons (Fsp3) is 0.647. The van der Waals surface area contributed by atoms with Crippen molar-refractivity contribution in [3.63, 3.8) is 0 Å². The summed E-state index contributed by atoms with van der Waals surface area (Å²) < 4.78 is 43.7. The highest BCUT2D eigenvalue weighted by Crippen LogP contribution is 2.38. The van der Waals surface area contributed by atoms with Gasteiger partial charge in [0.1, 0.15) is 12.4 Å². The summed E-state index contributed by atoms with van der Waals surface area (Å²) in [4.78, 5) is 12.0. The van der Waals surface area contributed by atoms with Crippen molar-refractivity contribution in [1.29, 1.82) is 0 Å². The van der Waals surface area contributed by atoms with Gasteiger partial charge in [-0.2, -0.15) is 13.2 Å². The summed E-state index contributed by atoms with van der Waals surface area (Å²) in [5, 5.41) is 13.9. The molecule has 0 bridgehead atoms. The molecule has 2 fully saturated rings. The van der Waals surface area contributed by atoms with Crippen LogP contribution in [0.1, 0.15) is 31.2 Å². The van der Waals surface area contributed by atoms with E-state index in [2.05, 4.69) is 10.2 Å². The molecule has 0 spiro atoms. The molecule has 2 heterocycles. The minimum absolute atomic E-state index is 0.0737. The van der Waals surface area contributed by atoms with E-state index in [1.165, 1.54) is 25.9 Å². The smallest absolute Gasteiger partial charge is 0.419 e. The Morgan fingerprint density at radius 3 is 2.31 bits per heavy atom. The molecule has 1 aromatic rings. The summed E-state index contributed by atoms with van der Waals surface area (Å²) in [6, 6.07) is 2.34. The number of benzene rings is 1. The van der Waals surface area contributed by atoms with Crippen LogP contribution in [0.5, 0.6) is 5.75 Å². The minimum atomic E-state index is -4.60. The van der Waals surface area contributed by atoms with Gasteiger partial charge in [0.2, 0.25) is 0 Å². The average molecular weight is 375 g/mol. The standard InChI is InChI=1S/C13H15F3N2O3.C4H9N/c14-13(15,16)11-4-3-10(18(19)20)9-12(11)21-8-7-17-5-1-2-6-17;1-2-4-5-3-1/h3-4,9H,1-2,5-8H2;5H,1-4H2. The quantitative estimate of drug-likeness (QED) is 0.631. The van der Waals surface area contributed by atoms with E-state index < -0.39 is 28.1 Å². The number of alkyl halides is 3. The maximum absolute atomic E-state index is 12.8. The van der Waals surface area contributed by atoms with E-state index in [4.69, 9.17) is 4.74 Å². The second-order valence-electron chi connectivity index (χ2n) is 6.29. The Morgan fingerprint density at radius 1 is 1.15 bits per heavy atom. The van der Waals surface area contributed by atoms with Crippen LogP contribution in [-0.2, 0) is 6.18 Å². The Morgan fingerprint density at radius 2 is 1.81 bits per heavy atom. The van der Waals surface area contributed by atoms with E-state index in [-0.39, 0.29) is 6.61 Å². The molecule has 0 amide bonds. The van der Waals surface area contributed by atoms with E-state index >= 15 is 0 Å². The van der Waals surface area contributed by atoms with Gasteiger partial charge in [0, 0.05) is 12.6 Å². The molecule has 0 aliphatic carbocycles. The molecule has 1 aromatic carbocycles. The number of hydrogen-bond donors (Lipinski definition) is 1. The van der Waals surface area contributed by atoms with E-state index in [9.17, 15) is 23.3 Å². The van der Waals surface area contributed by atoms with Crippen LogP contribution in [0, 0.1) is 10.1 Å². The fourth-order valence-corrected chi connectivity index (χ4v) is 2.89. The van der Waals surface area contributed by atoms with E-state index in [0.29, 0.717) is 12.6 Å². The lowest BCUT2D eigenvalue weighted by atomic mass is 10.1. The maximum atomic E-state index is 12.8. The molecule has 9 heteroatoms. The van der Waals surface area contributed by atoms with Crippen LogP contribution in [0.4, 0.5) is 18.9 Å². The van der Waals surface area contributed by atoms with Crippen molar-refractivity contribution in [2.45, 2.75) is 31.9 Å². The van der Waals surface area contributed by atoms with Crippen molar-refractivity contribution in [3.05, 3.63) is 33.9 Å². The largest absolute Gasteiger partial charge is 0.491 e. The van der Waals surface area contributed by atoms with Crippen LogP contribution in [0.25, 0.3) is 0 Å². The highest BCUT2D eigenvalue weighted by atomic mass is 19.4. The zero-order chi connectivity index (χ0) is 19.0. The van der Waals surface area contributed by atoms with Crippen molar-refractivity contribution in [1.82, 2.24) is 10.2 Å². The Balaban J connectivity index is 0.000000417. The first kappa shape index (κ1) is 20.4. The molecule has 1 N–H and O–H groups in total. The van der Waals surface area contributed by atoms with Gasteiger partial charge in [0.15, 0.2) is 0 Å². The molecule has 3 rings (SSSR count). The van der Waals surface area contributed by atoms with Crippen molar-refractivity contribution >= 4 is 5.69 Å². The molecule has 0 unspecified atom stereocenters. The highest BCUT2D eigenvalue weighted by Gasteiger charge is 2.35. The highest BCUT2D eigenvalue weighted by molar-refractivity contribution is 5.45. The van der Waals surface area contributed by atoms with E-state index in [1.54, 1.807) is 0 Å². The first-order valence-electron chi connectivity index (χ1n) is 8.79. The summed E-state index contributed by atoms with van der Waals surface area (Å²) >= 11 is 0. The lowest BCUT2D eigenvalue weighted by Crippen LogP contribution is -2.25. The predicted octanol–water partition coefficient (Wildman–Crippen LogP) is 3.46. The molecule has 2 aliphatic heterocycles. The van der Waals surface area contributed by atoms with Crippen molar-refractivity contribution in [2.75, 3.05) is 39.3 Å². The fourth-order valence-electron chi connectivity index (χ4n) is 2.89. The summed E-state index contributed by atoms with van der Waals surface area (Å²) in [5.41, 5.74) is -1.41. The second-order valence-corrected chi connectivity index (χ2v) is 6.29. The summed E-state index contributed by atoms with van der Waals surface area (Å²) in [7, 11) is 0. The molecule has 146 valence electrons. The Hall–Kier alpha value is -1.87. The third kappa shape index (κ3) is 6.45. The van der Waals surface area contributed by atoms with Gasteiger partial charge in [-0.3, -0.25) is 15.0 Å². The number of halogens is 3. The Labute approximate surface area is 150 Å². The zero-order valence-corrected chi connectivity index (χ0v) is 14.6. The van der Waals surface area contributed by atoms with Crippen LogP contribution in [0.3, 0.4) is 0 Å². The normalized spacial score (nSPS) is 17.7. The number of non-ortho nitro benzene ring substituents is 1. The third-order valence-corrected chi connectivity index (χ3v) is 4.30. The second kappa shape index (κ2) is 9.72. The minimum Gasteiger partial charge on any atom is -0.491 e. The monoisotopic (exact) mass is 375 g/mol. The number of nitro benzene ring substituents is 1. The topological polar surface area (TPSA) is 67.6 Å². The van der Waals surface area contributed by atoms with Gasteiger partial charge in [-0.05, 0) is 57.9 Å². The summed E-state index contributed by atoms with van der Waals surface area (Å²) in [6.45, 7) is 4.90. The molecule has 6 nitrogen and oxygen atoms in total. The third-order valence-electron chi connectivity index (χ3n) is 4.30. The Bertz CT molecular complexity index is 579. The average Bonchev–Trinajstić information content (AvgIpc) is 3.30. The predicted molar refractivity (Wildman–Crippen MR) is 91.4 cm³/mol. The van der Waals surface area contributed by atoms with Gasteiger partial charge in [-0.1, -0.05) is 0 Å². The molecule has 0 radical (unpaired) electrons. The number of nitrogens with zero attached hydrogens (tertiary/aromatic N) is 2. The lowest BCUT2D eigenvalue weighted by molar-refractivity contribution is -0.385. The number of likely N-dealkylation sites (tertiary alicyclic amines) is 1. The molecular formula is C17H24F3N3O3. The zero-order valence-electron chi connectivity index (χ0n) is 14.6. The molecule has 0 aromatic heterocycles. The van der Waals surface area contributed by atoms with Gasteiger partial charge in [0.25, 0.3) is 5.69 Å². The van der Waals surface area contributed by atoms with Crippen molar-refractivity contribution in [2.24, 2.45) is 0 Å². The summed E-state index contributed by atoms with van der Waals surface area (Å²) in [6.07, 6.45) is 0.327. The first-order chi connectivity index (χ1) is 12.4. The number of ether oxygens (including phenoxy) is 1. The maximum Gasteiger partial charge on any atom is 0.419 e. The first-order valence-corrected chi connectivity index (χ1v) is 8.79. The number of hydrogen-bond acceptors (Lipinski definition) is 5. The van der Waals surface area contributed by atoms with E-state index in [0.717, 1.165) is 38.1 Å². The molecule has 26 heavy (non-hydrogen) atoms. The van der Waals surface area contributed by atoms with Gasteiger partial charge >= 0.3 is 6.18 Å². The van der Waals surface area contributed by atoms with Crippen molar-refractivity contribution < 1.29 is 22.8 Å². The van der Waals surface area contributed by atoms with Gasteiger partial charge in [-0.25, -0.2) is 0 Å².